The summed E-state index contributed by atoms with van der Waals surface area (Å²) >= 11 is 0. The van der Waals surface area contributed by atoms with Crippen molar-refractivity contribution in [2.24, 2.45) is 10.9 Å². The molecule has 0 aliphatic carbocycles. The van der Waals surface area contributed by atoms with Gasteiger partial charge in [-0.1, -0.05) is 18.2 Å². The topological polar surface area (TPSA) is 75.2 Å². The van der Waals surface area contributed by atoms with Gasteiger partial charge in [0.2, 0.25) is 0 Å². The molecule has 1 amide bonds. The maximum Gasteiger partial charge on any atom is 0.410 e. The lowest BCUT2D eigenvalue weighted by Gasteiger charge is -2.34. The number of amides is 1. The van der Waals surface area contributed by atoms with Gasteiger partial charge in [0.25, 0.3) is 0 Å². The monoisotopic (exact) mass is 532 g/mol. The molecule has 1 atom stereocenters. The Bertz CT molecular complexity index is 691. The number of nitrogens with one attached hydrogen (secondary N) is 2. The number of guanidine groups is 1. The van der Waals surface area contributed by atoms with E-state index < -0.39 is 5.60 Å². The normalized spacial score (nSPS) is 17.0. The molecule has 0 bridgehead atoms. The van der Waals surface area contributed by atoms with Crippen LogP contribution in [0, 0.1) is 5.92 Å². The van der Waals surface area contributed by atoms with Gasteiger partial charge in [0, 0.05) is 38.8 Å². The van der Waals surface area contributed by atoms with Gasteiger partial charge in [-0.25, -0.2) is 4.79 Å². The molecule has 1 heterocycles. The summed E-state index contributed by atoms with van der Waals surface area (Å²) in [4.78, 5) is 18.5. The third-order valence-electron chi connectivity index (χ3n) is 4.67. The van der Waals surface area contributed by atoms with E-state index in [1.165, 1.54) is 0 Å². The number of para-hydroxylation sites is 1. The summed E-state index contributed by atoms with van der Waals surface area (Å²) < 4.78 is 11.2. The van der Waals surface area contributed by atoms with Crippen LogP contribution < -0.4 is 15.4 Å². The van der Waals surface area contributed by atoms with Gasteiger partial charge < -0.3 is 25.0 Å². The molecule has 2 rings (SSSR count). The minimum atomic E-state index is -0.466. The van der Waals surface area contributed by atoms with E-state index in [-0.39, 0.29) is 30.1 Å². The number of carbonyl (C=O) groups is 1. The van der Waals surface area contributed by atoms with E-state index in [0.29, 0.717) is 25.6 Å². The smallest absolute Gasteiger partial charge is 0.410 e. The molecule has 7 nitrogen and oxygen atoms in total. The maximum atomic E-state index is 12.3. The highest BCUT2D eigenvalue weighted by atomic mass is 127. The highest BCUT2D eigenvalue weighted by Gasteiger charge is 2.27. The van der Waals surface area contributed by atoms with Crippen molar-refractivity contribution in [3.8, 4) is 5.75 Å². The highest BCUT2D eigenvalue weighted by molar-refractivity contribution is 14.0. The van der Waals surface area contributed by atoms with Crippen LogP contribution in [0.2, 0.25) is 0 Å². The first kappa shape index (κ1) is 26.3. The van der Waals surface area contributed by atoms with Crippen LogP contribution in [0.5, 0.6) is 5.75 Å². The van der Waals surface area contributed by atoms with E-state index >= 15 is 0 Å². The molecule has 1 aliphatic heterocycles. The molecule has 0 radical (unpaired) electrons. The summed E-state index contributed by atoms with van der Waals surface area (Å²) in [6.07, 6.45) is 1.84. The number of hydrogen-bond donors (Lipinski definition) is 2. The number of hydrogen-bond acceptors (Lipinski definition) is 4. The second-order valence-electron chi connectivity index (χ2n) is 8.28. The Morgan fingerprint density at radius 2 is 2.00 bits per heavy atom. The number of benzene rings is 1. The zero-order valence-electron chi connectivity index (χ0n) is 18.9. The van der Waals surface area contributed by atoms with Crippen molar-refractivity contribution in [3.63, 3.8) is 0 Å². The molecule has 1 aromatic rings. The second-order valence-corrected chi connectivity index (χ2v) is 8.28. The second kappa shape index (κ2) is 12.9. The molecule has 1 saturated heterocycles. The molecular formula is C22H37IN4O3. The van der Waals surface area contributed by atoms with Crippen LogP contribution in [0.25, 0.3) is 0 Å². The summed E-state index contributed by atoms with van der Waals surface area (Å²) in [6.45, 7) is 11.2. The number of likely N-dealkylation sites (tertiary alicyclic amines) is 1. The van der Waals surface area contributed by atoms with Crippen molar-refractivity contribution >= 4 is 36.0 Å². The fraction of sp³-hybridized carbons (Fsp3) is 0.636. The lowest BCUT2D eigenvalue weighted by Crippen LogP contribution is -2.47. The van der Waals surface area contributed by atoms with Crippen LogP contribution in [0.1, 0.15) is 46.1 Å². The summed E-state index contributed by atoms with van der Waals surface area (Å²) in [6, 6.07) is 8.00. The molecule has 2 N–H and O–H groups in total. The van der Waals surface area contributed by atoms with Crippen LogP contribution in [0.4, 0.5) is 4.79 Å². The van der Waals surface area contributed by atoms with Crippen molar-refractivity contribution in [3.05, 3.63) is 29.8 Å². The molecule has 0 saturated carbocycles. The zero-order chi connectivity index (χ0) is 21.3. The molecule has 8 heteroatoms. The van der Waals surface area contributed by atoms with E-state index in [1.54, 1.807) is 7.05 Å². The summed E-state index contributed by atoms with van der Waals surface area (Å²) in [5, 5.41) is 6.73. The first-order valence-electron chi connectivity index (χ1n) is 10.5. The first-order chi connectivity index (χ1) is 13.8. The lowest BCUT2D eigenvalue weighted by atomic mass is 9.98. The Morgan fingerprint density at radius 3 is 2.67 bits per heavy atom. The van der Waals surface area contributed by atoms with E-state index in [0.717, 1.165) is 43.2 Å². The first-order valence-corrected chi connectivity index (χ1v) is 10.5. The molecular weight excluding hydrogens is 495 g/mol. The third kappa shape index (κ3) is 8.97. The van der Waals surface area contributed by atoms with Crippen molar-refractivity contribution in [1.82, 2.24) is 15.5 Å². The Morgan fingerprint density at radius 1 is 1.27 bits per heavy atom. The van der Waals surface area contributed by atoms with Gasteiger partial charge in [0.05, 0.1) is 6.61 Å². The van der Waals surface area contributed by atoms with Crippen LogP contribution >= 0.6 is 24.0 Å². The van der Waals surface area contributed by atoms with Gasteiger partial charge in [0.15, 0.2) is 5.96 Å². The van der Waals surface area contributed by atoms with Crippen molar-refractivity contribution in [1.29, 1.82) is 0 Å². The quantitative estimate of drug-likeness (QED) is 0.329. The van der Waals surface area contributed by atoms with E-state index in [4.69, 9.17) is 9.47 Å². The zero-order valence-corrected chi connectivity index (χ0v) is 21.2. The fourth-order valence-corrected chi connectivity index (χ4v) is 3.31. The Hall–Kier alpha value is -1.71. The standard InChI is InChI=1S/C22H36N4O3.HI/c1-6-28-19-12-8-7-11-18(19)15-25-20(23-5)24-14-17-10-9-13-26(16-17)21(27)29-22(2,3)4;/h7-8,11-12,17H,6,9-10,13-16H2,1-5H3,(H2,23,24,25);1H. The highest BCUT2D eigenvalue weighted by Crippen LogP contribution is 2.19. The van der Waals surface area contributed by atoms with Gasteiger partial charge in [-0.2, -0.15) is 0 Å². The maximum absolute atomic E-state index is 12.3. The van der Waals surface area contributed by atoms with Crippen LogP contribution in [0.3, 0.4) is 0 Å². The van der Waals surface area contributed by atoms with Gasteiger partial charge in [-0.3, -0.25) is 4.99 Å². The molecule has 0 aromatic heterocycles. The number of piperidine rings is 1. The van der Waals surface area contributed by atoms with Gasteiger partial charge in [-0.15, -0.1) is 24.0 Å². The Balaban J connectivity index is 0.00000450. The molecule has 30 heavy (non-hydrogen) atoms. The minimum Gasteiger partial charge on any atom is -0.494 e. The molecule has 170 valence electrons. The largest absolute Gasteiger partial charge is 0.494 e. The number of ether oxygens (including phenoxy) is 2. The third-order valence-corrected chi connectivity index (χ3v) is 4.67. The molecule has 1 aromatic carbocycles. The molecule has 1 unspecified atom stereocenters. The van der Waals surface area contributed by atoms with Crippen LogP contribution in [-0.4, -0.2) is 55.8 Å². The molecule has 0 spiro atoms. The lowest BCUT2D eigenvalue weighted by molar-refractivity contribution is 0.0168. The Kier molecular flexibility index (Phi) is 11.3. The van der Waals surface area contributed by atoms with Crippen molar-refractivity contribution in [2.45, 2.75) is 52.7 Å². The predicted molar refractivity (Wildman–Crippen MR) is 132 cm³/mol. The fourth-order valence-electron chi connectivity index (χ4n) is 3.31. The average molecular weight is 532 g/mol. The van der Waals surface area contributed by atoms with E-state index in [9.17, 15) is 4.79 Å². The van der Waals surface area contributed by atoms with Gasteiger partial charge >= 0.3 is 6.09 Å². The number of carbonyl (C=O) groups excluding carboxylic acids is 1. The van der Waals surface area contributed by atoms with Crippen LogP contribution in [-0.2, 0) is 11.3 Å². The number of aliphatic imine (C=N–C) groups is 1. The summed E-state index contributed by atoms with van der Waals surface area (Å²) in [7, 11) is 1.76. The number of halogens is 1. The Labute approximate surface area is 198 Å². The summed E-state index contributed by atoms with van der Waals surface area (Å²) in [5.74, 6) is 1.99. The van der Waals surface area contributed by atoms with Gasteiger partial charge in [-0.05, 0) is 52.5 Å². The minimum absolute atomic E-state index is 0. The number of rotatable bonds is 6. The predicted octanol–water partition coefficient (Wildman–Crippen LogP) is 4.02. The number of nitrogens with zero attached hydrogens (tertiary/aromatic N) is 2. The van der Waals surface area contributed by atoms with Crippen LogP contribution in [0.15, 0.2) is 29.3 Å². The summed E-state index contributed by atoms with van der Waals surface area (Å²) in [5.41, 5.74) is 0.623. The average Bonchev–Trinajstić information content (AvgIpc) is 2.68. The van der Waals surface area contributed by atoms with Gasteiger partial charge in [0.1, 0.15) is 11.4 Å². The molecule has 1 aliphatic rings. The van der Waals surface area contributed by atoms with Crippen molar-refractivity contribution in [2.75, 3.05) is 33.3 Å². The SMILES string of the molecule is CCOc1ccccc1CNC(=NC)NCC1CCCN(C(=O)OC(C)(C)C)C1.I. The van der Waals surface area contributed by atoms with Crippen molar-refractivity contribution < 1.29 is 14.3 Å². The van der Waals surface area contributed by atoms with E-state index in [2.05, 4.69) is 15.6 Å². The van der Waals surface area contributed by atoms with E-state index in [1.807, 2.05) is 56.9 Å². The molecule has 1 fully saturated rings.